The van der Waals surface area contributed by atoms with E-state index in [9.17, 15) is 10.1 Å². The van der Waals surface area contributed by atoms with Gasteiger partial charge in [0, 0.05) is 43.0 Å². The summed E-state index contributed by atoms with van der Waals surface area (Å²) in [5.41, 5.74) is 3.46. The predicted octanol–water partition coefficient (Wildman–Crippen LogP) is 4.64. The fourth-order valence-electron chi connectivity index (χ4n) is 4.26. The van der Waals surface area contributed by atoms with Gasteiger partial charge in [-0.3, -0.25) is 10.1 Å². The summed E-state index contributed by atoms with van der Waals surface area (Å²) in [7, 11) is 3.22. The van der Waals surface area contributed by atoms with Crippen LogP contribution in [0.15, 0.2) is 73.2 Å². The Labute approximate surface area is 241 Å². The average molecular weight is 572 g/mol. The molecule has 0 spiro atoms. The van der Waals surface area contributed by atoms with Crippen LogP contribution in [0.4, 0.5) is 17.2 Å². The molecule has 0 amide bonds. The first-order valence-electron chi connectivity index (χ1n) is 13.1. The third-order valence-electron chi connectivity index (χ3n) is 6.27. The minimum absolute atomic E-state index is 0.0405. The van der Waals surface area contributed by atoms with Gasteiger partial charge in [-0.1, -0.05) is 35.5 Å². The quantitative estimate of drug-likeness (QED) is 0.113. The van der Waals surface area contributed by atoms with E-state index in [1.165, 1.54) is 12.4 Å². The van der Waals surface area contributed by atoms with Crippen LogP contribution in [0.1, 0.15) is 5.56 Å². The van der Waals surface area contributed by atoms with Crippen molar-refractivity contribution in [2.45, 2.75) is 6.54 Å². The second kappa shape index (κ2) is 13.5. The van der Waals surface area contributed by atoms with Gasteiger partial charge in [-0.15, -0.1) is 5.10 Å². The number of nitrogens with one attached hydrogen (secondary N) is 1. The number of nitrogens with zero attached hydrogens (tertiary/aromatic N) is 6. The minimum Gasteiger partial charge on any atom is -0.487 e. The van der Waals surface area contributed by atoms with Gasteiger partial charge in [0.15, 0.2) is 11.5 Å². The SMILES string of the molecule is COCCOc1cc2ncnc(Nc3cccc(-c4cn(Cc5ccccc5[N+](=O)[O-])nn4)c3)c2cc1OCCOC. The molecule has 216 valence electrons. The van der Waals surface area contributed by atoms with E-state index in [1.54, 1.807) is 43.3 Å². The summed E-state index contributed by atoms with van der Waals surface area (Å²) in [5.74, 6) is 1.67. The molecule has 0 bridgehead atoms. The maximum Gasteiger partial charge on any atom is 0.274 e. The molecule has 0 aliphatic heterocycles. The first kappa shape index (κ1) is 28.4. The number of hydrogen-bond donors (Lipinski definition) is 1. The first-order valence-corrected chi connectivity index (χ1v) is 13.1. The van der Waals surface area contributed by atoms with Crippen LogP contribution in [0.25, 0.3) is 22.2 Å². The molecule has 0 unspecified atom stereocenters. The molecule has 5 rings (SSSR count). The van der Waals surface area contributed by atoms with Gasteiger partial charge in [-0.2, -0.15) is 0 Å². The Balaban J connectivity index is 1.39. The number of rotatable bonds is 14. The van der Waals surface area contributed by atoms with Crippen LogP contribution < -0.4 is 14.8 Å². The fraction of sp³-hybridized carbons (Fsp3) is 0.241. The van der Waals surface area contributed by atoms with Crippen molar-refractivity contribution >= 4 is 28.1 Å². The largest absolute Gasteiger partial charge is 0.487 e. The molecule has 0 atom stereocenters. The Hall–Kier alpha value is -5.14. The van der Waals surface area contributed by atoms with E-state index in [0.29, 0.717) is 60.5 Å². The van der Waals surface area contributed by atoms with Crippen molar-refractivity contribution in [3.05, 3.63) is 88.9 Å². The van der Waals surface area contributed by atoms with Crippen molar-refractivity contribution in [1.82, 2.24) is 25.0 Å². The van der Waals surface area contributed by atoms with Crippen molar-refractivity contribution in [1.29, 1.82) is 0 Å². The third kappa shape index (κ3) is 6.77. The molecule has 1 N–H and O–H groups in total. The van der Waals surface area contributed by atoms with Gasteiger partial charge in [-0.05, 0) is 18.2 Å². The molecule has 0 saturated heterocycles. The van der Waals surface area contributed by atoms with Crippen molar-refractivity contribution in [2.24, 2.45) is 0 Å². The number of fused-ring (bicyclic) bond motifs is 1. The smallest absolute Gasteiger partial charge is 0.274 e. The number of aromatic nitrogens is 5. The zero-order valence-corrected chi connectivity index (χ0v) is 23.1. The Morgan fingerprint density at radius 2 is 1.67 bits per heavy atom. The molecule has 0 saturated carbocycles. The summed E-state index contributed by atoms with van der Waals surface area (Å²) < 4.78 is 23.6. The van der Waals surface area contributed by atoms with Crippen molar-refractivity contribution in [3.63, 3.8) is 0 Å². The van der Waals surface area contributed by atoms with Gasteiger partial charge >= 0.3 is 0 Å². The standard InChI is InChI=1S/C29H29N7O6/c1-39-10-12-41-27-15-23-24(16-28(27)42-13-11-40-2)30-19-31-29(23)32-22-8-5-7-20(14-22)25-18-35(34-33-25)17-21-6-3-4-9-26(21)36(37)38/h3-9,14-16,18-19H,10-13,17H2,1-2H3,(H,30,31,32). The number of benzene rings is 3. The van der Waals surface area contributed by atoms with E-state index < -0.39 is 4.92 Å². The van der Waals surface area contributed by atoms with Crippen LogP contribution >= 0.6 is 0 Å². The lowest BCUT2D eigenvalue weighted by molar-refractivity contribution is -0.385. The Kier molecular flexibility index (Phi) is 9.11. The molecule has 5 aromatic rings. The molecule has 3 aromatic carbocycles. The normalized spacial score (nSPS) is 11.0. The number of nitro benzene ring substituents is 1. The van der Waals surface area contributed by atoms with Crippen molar-refractivity contribution in [2.75, 3.05) is 46.0 Å². The number of ether oxygens (including phenoxy) is 4. The Morgan fingerprint density at radius 3 is 2.43 bits per heavy atom. The van der Waals surface area contributed by atoms with Crippen LogP contribution in [0.5, 0.6) is 11.5 Å². The first-order chi connectivity index (χ1) is 20.6. The monoisotopic (exact) mass is 571 g/mol. The van der Waals surface area contributed by atoms with Crippen LogP contribution in [-0.4, -0.2) is 70.5 Å². The van der Waals surface area contributed by atoms with Crippen molar-refractivity contribution < 1.29 is 23.9 Å². The molecule has 2 aromatic heterocycles. The van der Waals surface area contributed by atoms with Crippen LogP contribution in [-0.2, 0) is 16.0 Å². The van der Waals surface area contributed by atoms with Gasteiger partial charge < -0.3 is 24.3 Å². The van der Waals surface area contributed by atoms with Gasteiger partial charge in [0.1, 0.15) is 31.1 Å². The highest BCUT2D eigenvalue weighted by Gasteiger charge is 2.15. The Morgan fingerprint density at radius 1 is 0.905 bits per heavy atom. The van der Waals surface area contributed by atoms with E-state index in [4.69, 9.17) is 18.9 Å². The lowest BCUT2D eigenvalue weighted by Crippen LogP contribution is -2.09. The molecule has 0 fully saturated rings. The summed E-state index contributed by atoms with van der Waals surface area (Å²) >= 11 is 0. The number of para-hydroxylation sites is 1. The van der Waals surface area contributed by atoms with Gasteiger partial charge in [0.2, 0.25) is 0 Å². The maximum atomic E-state index is 11.4. The molecule has 2 heterocycles. The average Bonchev–Trinajstić information content (AvgIpc) is 3.47. The van der Waals surface area contributed by atoms with Crippen LogP contribution in [0.2, 0.25) is 0 Å². The van der Waals surface area contributed by atoms with E-state index in [0.717, 1.165) is 16.6 Å². The second-order valence-electron chi connectivity index (χ2n) is 9.11. The Bertz CT molecular complexity index is 1680. The summed E-state index contributed by atoms with van der Waals surface area (Å²) in [6, 6.07) is 17.9. The van der Waals surface area contributed by atoms with E-state index in [-0.39, 0.29) is 12.2 Å². The second-order valence-corrected chi connectivity index (χ2v) is 9.11. The maximum absolute atomic E-state index is 11.4. The molecule has 42 heavy (non-hydrogen) atoms. The topological polar surface area (TPSA) is 149 Å². The number of anilines is 2. The highest BCUT2D eigenvalue weighted by molar-refractivity contribution is 5.93. The molecule has 13 heteroatoms. The molecular formula is C29H29N7O6. The summed E-state index contributed by atoms with van der Waals surface area (Å²) in [6.07, 6.45) is 3.23. The molecular weight excluding hydrogens is 542 g/mol. The van der Waals surface area contributed by atoms with Gasteiger partial charge in [-0.25, -0.2) is 14.6 Å². The summed E-state index contributed by atoms with van der Waals surface area (Å²) in [6.45, 7) is 1.78. The number of hydrogen-bond acceptors (Lipinski definition) is 11. The fourth-order valence-corrected chi connectivity index (χ4v) is 4.26. The van der Waals surface area contributed by atoms with Crippen LogP contribution in [0.3, 0.4) is 0 Å². The predicted molar refractivity (Wildman–Crippen MR) is 155 cm³/mol. The van der Waals surface area contributed by atoms with E-state index in [2.05, 4.69) is 25.6 Å². The van der Waals surface area contributed by atoms with Crippen LogP contribution in [0, 0.1) is 10.1 Å². The van der Waals surface area contributed by atoms with Gasteiger partial charge in [0.25, 0.3) is 5.69 Å². The number of nitro groups is 1. The third-order valence-corrected chi connectivity index (χ3v) is 6.27. The summed E-state index contributed by atoms with van der Waals surface area (Å²) in [4.78, 5) is 19.9. The molecule has 0 aliphatic carbocycles. The van der Waals surface area contributed by atoms with Crippen molar-refractivity contribution in [3.8, 4) is 22.8 Å². The zero-order chi connectivity index (χ0) is 29.3. The summed E-state index contributed by atoms with van der Waals surface area (Å²) in [5, 5.41) is 23.9. The van der Waals surface area contributed by atoms with Gasteiger partial charge in [0.05, 0.1) is 42.0 Å². The zero-order valence-electron chi connectivity index (χ0n) is 23.1. The highest BCUT2D eigenvalue weighted by Crippen LogP contribution is 2.35. The van der Waals surface area contributed by atoms with E-state index >= 15 is 0 Å². The molecule has 13 nitrogen and oxygen atoms in total. The minimum atomic E-state index is -0.400. The highest BCUT2D eigenvalue weighted by atomic mass is 16.6. The lowest BCUT2D eigenvalue weighted by Gasteiger charge is -2.15. The molecule has 0 radical (unpaired) electrons. The number of methoxy groups -OCH3 is 2. The molecule has 0 aliphatic rings. The lowest BCUT2D eigenvalue weighted by atomic mass is 10.1. The van der Waals surface area contributed by atoms with E-state index in [1.807, 2.05) is 36.4 Å².